The molecule has 3 aliphatic rings. The predicted octanol–water partition coefficient (Wildman–Crippen LogP) is 3.83. The van der Waals surface area contributed by atoms with Crippen molar-refractivity contribution in [2.45, 2.75) is 115 Å². The summed E-state index contributed by atoms with van der Waals surface area (Å²) in [5.74, 6) is -4.54. The molecule has 9 heteroatoms. The number of unbranched alkanes of at least 4 members (excludes halogenated alkanes) is 3. The molecule has 2 saturated carbocycles. The van der Waals surface area contributed by atoms with Gasteiger partial charge in [-0.3, -0.25) is 14.8 Å². The summed E-state index contributed by atoms with van der Waals surface area (Å²) in [7, 11) is 0. The first-order chi connectivity index (χ1) is 18.5. The third kappa shape index (κ3) is 6.50. The van der Waals surface area contributed by atoms with Gasteiger partial charge < -0.3 is 24.8 Å². The van der Waals surface area contributed by atoms with Crippen molar-refractivity contribution >= 4 is 11.6 Å². The smallest absolute Gasteiger partial charge is 0.193 e. The molecule has 8 atom stereocenters. The monoisotopic (exact) mass is 554 g/mol. The first-order valence-electron chi connectivity index (χ1n) is 14.9. The van der Waals surface area contributed by atoms with Crippen molar-refractivity contribution in [3.63, 3.8) is 0 Å². The number of aliphatic hydroxyl groups is 3. The van der Waals surface area contributed by atoms with Gasteiger partial charge in [0.15, 0.2) is 23.0 Å². The number of rotatable bonds is 12. The Labute approximate surface area is 232 Å². The molecule has 0 spiro atoms. The lowest BCUT2D eigenvalue weighted by Crippen LogP contribution is -2.64. The molecule has 0 saturated heterocycles. The van der Waals surface area contributed by atoms with Crippen LogP contribution < -0.4 is 0 Å². The van der Waals surface area contributed by atoms with Gasteiger partial charge in [0.05, 0.1) is 6.10 Å². The van der Waals surface area contributed by atoms with E-state index in [-0.39, 0.29) is 62.3 Å². The summed E-state index contributed by atoms with van der Waals surface area (Å²) in [6.07, 6.45) is 6.57. The number of fused-ring (bicyclic) bond motifs is 3. The van der Waals surface area contributed by atoms with Crippen molar-refractivity contribution in [1.29, 1.82) is 0 Å². The van der Waals surface area contributed by atoms with E-state index >= 15 is 0 Å². The van der Waals surface area contributed by atoms with Crippen molar-refractivity contribution in [2.75, 3.05) is 19.8 Å². The van der Waals surface area contributed by atoms with Crippen LogP contribution in [0.1, 0.15) is 91.9 Å². The van der Waals surface area contributed by atoms with Crippen molar-refractivity contribution < 1.29 is 44.5 Å². The molecule has 2 fully saturated rings. The molecule has 0 heterocycles. The number of carbonyl (C=O) groups is 2. The number of hydrogen-bond donors (Lipinski definition) is 4. The van der Waals surface area contributed by atoms with E-state index in [2.05, 4.69) is 6.92 Å². The van der Waals surface area contributed by atoms with Crippen LogP contribution in [0.5, 0.6) is 0 Å². The van der Waals surface area contributed by atoms with E-state index in [1.165, 1.54) is 6.08 Å². The molecule has 0 aromatic rings. The first kappa shape index (κ1) is 32.3. The van der Waals surface area contributed by atoms with Crippen molar-refractivity contribution in [2.24, 2.45) is 29.1 Å². The lowest BCUT2D eigenvalue weighted by atomic mass is 9.53. The summed E-state index contributed by atoms with van der Waals surface area (Å²) < 4.78 is 12.2. The van der Waals surface area contributed by atoms with Crippen LogP contribution in [0, 0.1) is 29.1 Å². The summed E-state index contributed by atoms with van der Waals surface area (Å²) in [5, 5.41) is 44.0. The first-order valence-corrected chi connectivity index (χ1v) is 14.9. The second kappa shape index (κ2) is 13.6. The average Bonchev–Trinajstić information content (AvgIpc) is 3.13. The normalized spacial score (nSPS) is 38.3. The van der Waals surface area contributed by atoms with Gasteiger partial charge in [-0.2, -0.15) is 0 Å². The van der Waals surface area contributed by atoms with Crippen LogP contribution in [0.15, 0.2) is 12.2 Å². The van der Waals surface area contributed by atoms with E-state index in [9.17, 15) is 30.2 Å². The second-order valence-electron chi connectivity index (χ2n) is 12.4. The third-order valence-electron chi connectivity index (χ3n) is 9.78. The number of hydrogen-bond acceptors (Lipinski definition) is 9. The summed E-state index contributed by atoms with van der Waals surface area (Å²) in [6.45, 7) is 8.08. The highest BCUT2D eigenvalue weighted by Crippen LogP contribution is 2.64. The molecule has 3 aliphatic carbocycles. The Morgan fingerprint density at radius 3 is 2.49 bits per heavy atom. The predicted molar refractivity (Wildman–Crippen MR) is 145 cm³/mol. The SMILES string of the molecule is CCCCCCOC1(C(=O)COCCC)C(OO)CC2C3CC(O)(O)C(C)CC(=O)C=CCC3C(O)CC21C. The van der Waals surface area contributed by atoms with Crippen LogP contribution in [-0.4, -0.2) is 75.6 Å². The standard InChI is InChI=1S/C30H50O9/c1-5-7-8-9-14-38-30(26(33)19-37-13-6-2)27(39-36)16-24-23-17-29(34,35)20(3)15-21(31)11-10-12-22(23)25(32)18-28(24,30)4/h10-11,20,22-25,27,32,34-36H,5-9,12-19H2,1-4H3. The van der Waals surface area contributed by atoms with Crippen LogP contribution >= 0.6 is 0 Å². The maximum absolute atomic E-state index is 14.0. The minimum Gasteiger partial charge on any atom is -0.393 e. The molecule has 3 rings (SSSR count). The summed E-state index contributed by atoms with van der Waals surface area (Å²) in [6, 6.07) is 0. The zero-order valence-electron chi connectivity index (χ0n) is 24.1. The molecule has 224 valence electrons. The Morgan fingerprint density at radius 2 is 1.82 bits per heavy atom. The van der Waals surface area contributed by atoms with Crippen LogP contribution in [0.2, 0.25) is 0 Å². The number of ketones is 2. The van der Waals surface area contributed by atoms with Crippen LogP contribution in [0.4, 0.5) is 0 Å². The molecule has 9 nitrogen and oxygen atoms in total. The van der Waals surface area contributed by atoms with E-state index in [0.717, 1.165) is 32.1 Å². The Bertz CT molecular complexity index is 857. The zero-order chi connectivity index (χ0) is 28.8. The minimum atomic E-state index is -2.15. The Kier molecular flexibility index (Phi) is 11.3. The molecule has 0 bridgehead atoms. The van der Waals surface area contributed by atoms with Crippen LogP contribution in [-0.2, 0) is 24.0 Å². The van der Waals surface area contributed by atoms with Gasteiger partial charge in [-0.25, -0.2) is 4.89 Å². The quantitative estimate of drug-likeness (QED) is 0.122. The highest BCUT2D eigenvalue weighted by atomic mass is 17.1. The Balaban J connectivity index is 2.06. The topological polar surface area (TPSA) is 143 Å². The molecule has 0 amide bonds. The highest BCUT2D eigenvalue weighted by Gasteiger charge is 2.72. The lowest BCUT2D eigenvalue weighted by Gasteiger charge is -2.55. The van der Waals surface area contributed by atoms with Gasteiger partial charge in [0.1, 0.15) is 12.7 Å². The second-order valence-corrected chi connectivity index (χ2v) is 12.4. The number of allylic oxidation sites excluding steroid dienone is 2. The largest absolute Gasteiger partial charge is 0.393 e. The maximum Gasteiger partial charge on any atom is 0.193 e. The van der Waals surface area contributed by atoms with Gasteiger partial charge in [-0.15, -0.1) is 0 Å². The van der Waals surface area contributed by atoms with E-state index < -0.39 is 40.8 Å². The van der Waals surface area contributed by atoms with E-state index in [0.29, 0.717) is 13.0 Å². The maximum atomic E-state index is 14.0. The molecule has 39 heavy (non-hydrogen) atoms. The van der Waals surface area contributed by atoms with Gasteiger partial charge >= 0.3 is 0 Å². The van der Waals surface area contributed by atoms with Gasteiger partial charge in [-0.1, -0.05) is 53.0 Å². The number of Topliss-reactive ketones (excluding diaryl/α,β-unsaturated/α-hetero) is 1. The Hall–Kier alpha value is -1.20. The summed E-state index contributed by atoms with van der Waals surface area (Å²) in [5.41, 5.74) is -2.54. The zero-order valence-corrected chi connectivity index (χ0v) is 24.1. The highest BCUT2D eigenvalue weighted by molar-refractivity contribution is 5.91. The number of ether oxygens (including phenoxy) is 2. The van der Waals surface area contributed by atoms with Crippen molar-refractivity contribution in [3.8, 4) is 0 Å². The van der Waals surface area contributed by atoms with Gasteiger partial charge in [0, 0.05) is 37.4 Å². The van der Waals surface area contributed by atoms with E-state index in [1.54, 1.807) is 13.0 Å². The van der Waals surface area contributed by atoms with Crippen LogP contribution in [0.25, 0.3) is 0 Å². The minimum absolute atomic E-state index is 0.00812. The van der Waals surface area contributed by atoms with Crippen molar-refractivity contribution in [3.05, 3.63) is 12.2 Å². The number of aliphatic hydroxyl groups excluding tert-OH is 1. The molecular weight excluding hydrogens is 504 g/mol. The fraction of sp³-hybridized carbons (Fsp3) is 0.867. The molecule has 0 aromatic heterocycles. The van der Waals surface area contributed by atoms with Gasteiger partial charge in [-0.05, 0) is 55.9 Å². The molecule has 0 aromatic carbocycles. The van der Waals surface area contributed by atoms with Gasteiger partial charge in [0.25, 0.3) is 0 Å². The van der Waals surface area contributed by atoms with E-state index in [1.807, 2.05) is 13.8 Å². The summed E-state index contributed by atoms with van der Waals surface area (Å²) >= 11 is 0. The number of carbonyl (C=O) groups excluding carboxylic acids is 2. The van der Waals surface area contributed by atoms with Crippen LogP contribution in [0.3, 0.4) is 0 Å². The van der Waals surface area contributed by atoms with E-state index in [4.69, 9.17) is 14.4 Å². The average molecular weight is 555 g/mol. The lowest BCUT2D eigenvalue weighted by molar-refractivity contribution is -0.318. The van der Waals surface area contributed by atoms with Gasteiger partial charge in [0.2, 0.25) is 0 Å². The fourth-order valence-electron chi connectivity index (χ4n) is 7.62. The molecule has 8 unspecified atom stereocenters. The Morgan fingerprint density at radius 1 is 1.08 bits per heavy atom. The fourth-order valence-corrected chi connectivity index (χ4v) is 7.62. The third-order valence-corrected chi connectivity index (χ3v) is 9.78. The summed E-state index contributed by atoms with van der Waals surface area (Å²) in [4.78, 5) is 31.4. The molecule has 0 aliphatic heterocycles. The molecule has 0 radical (unpaired) electrons. The molecule has 4 N–H and O–H groups in total. The van der Waals surface area contributed by atoms with Crippen molar-refractivity contribution in [1.82, 2.24) is 0 Å². The molecular formula is C30H50O9.